The number of hydrogen-bond donors (Lipinski definition) is 1. The fourth-order valence-corrected chi connectivity index (χ4v) is 3.95. The molecular formula is C17H24N6O2. The molecule has 2 aromatic rings. The number of rotatable bonds is 2. The van der Waals surface area contributed by atoms with Gasteiger partial charge in [0, 0.05) is 44.2 Å². The first kappa shape index (κ1) is 16.1. The molecule has 3 heterocycles. The summed E-state index contributed by atoms with van der Waals surface area (Å²) in [6, 6.07) is 0.0457. The topological polar surface area (TPSA) is 89.1 Å². The molecule has 0 spiro atoms. The van der Waals surface area contributed by atoms with Gasteiger partial charge in [0.2, 0.25) is 5.89 Å². The molecule has 1 N–H and O–H groups in total. The molecule has 1 fully saturated rings. The Bertz CT molecular complexity index is 767. The predicted octanol–water partition coefficient (Wildman–Crippen LogP) is 2.08. The molecular weight excluding hydrogens is 320 g/mol. The highest BCUT2D eigenvalue weighted by Crippen LogP contribution is 2.30. The van der Waals surface area contributed by atoms with Crippen LogP contribution in [0.4, 0.5) is 4.79 Å². The monoisotopic (exact) mass is 344 g/mol. The fourth-order valence-electron chi connectivity index (χ4n) is 3.95. The molecule has 1 saturated heterocycles. The molecule has 2 aliphatic rings. The Morgan fingerprint density at radius 1 is 1.36 bits per heavy atom. The Kier molecular flexibility index (Phi) is 4.19. The average Bonchev–Trinajstić information content (AvgIpc) is 3.22. The summed E-state index contributed by atoms with van der Waals surface area (Å²) in [6.45, 7) is 3.20. The van der Waals surface area contributed by atoms with E-state index in [-0.39, 0.29) is 18.0 Å². The number of fused-ring (bicyclic) bond motifs is 1. The summed E-state index contributed by atoms with van der Waals surface area (Å²) in [6.07, 6.45) is 6.89. The standard InChI is InChI=1S/C17H24N6O2/c1-11-19-16(21-25-11)12-5-4-8-23(10-12)17(24)20-14-6-3-7-15-13(14)9-18-22(15)2/h9,12,14H,3-8,10H2,1-2H3,(H,20,24)/t12-,14+/m1/s1. The van der Waals surface area contributed by atoms with E-state index in [0.29, 0.717) is 18.3 Å². The van der Waals surface area contributed by atoms with E-state index in [9.17, 15) is 4.79 Å². The van der Waals surface area contributed by atoms with Crippen LogP contribution in [0, 0.1) is 6.92 Å². The van der Waals surface area contributed by atoms with Crippen molar-refractivity contribution in [3.05, 3.63) is 29.2 Å². The number of amides is 2. The number of nitrogens with zero attached hydrogens (tertiary/aromatic N) is 5. The van der Waals surface area contributed by atoms with Gasteiger partial charge in [-0.05, 0) is 32.1 Å². The van der Waals surface area contributed by atoms with Crippen LogP contribution in [0.15, 0.2) is 10.7 Å². The molecule has 4 rings (SSSR count). The van der Waals surface area contributed by atoms with Crippen molar-refractivity contribution in [1.82, 2.24) is 30.1 Å². The van der Waals surface area contributed by atoms with Gasteiger partial charge in [-0.1, -0.05) is 5.16 Å². The largest absolute Gasteiger partial charge is 0.340 e. The van der Waals surface area contributed by atoms with Gasteiger partial charge in [-0.2, -0.15) is 10.1 Å². The predicted molar refractivity (Wildman–Crippen MR) is 90.0 cm³/mol. The molecule has 8 nitrogen and oxygen atoms in total. The lowest BCUT2D eigenvalue weighted by Gasteiger charge is -2.33. The molecule has 2 amide bonds. The van der Waals surface area contributed by atoms with Crippen molar-refractivity contribution in [2.24, 2.45) is 7.05 Å². The van der Waals surface area contributed by atoms with Gasteiger partial charge in [-0.15, -0.1) is 0 Å². The van der Waals surface area contributed by atoms with Gasteiger partial charge >= 0.3 is 6.03 Å². The smallest absolute Gasteiger partial charge is 0.317 e. The summed E-state index contributed by atoms with van der Waals surface area (Å²) >= 11 is 0. The van der Waals surface area contributed by atoms with E-state index in [0.717, 1.165) is 44.2 Å². The number of urea groups is 1. The second-order valence-electron chi connectivity index (χ2n) is 7.02. The Morgan fingerprint density at radius 2 is 2.24 bits per heavy atom. The SMILES string of the molecule is Cc1nc([C@@H]2CCCN(C(=O)N[C@H]3CCCc4c3cnn4C)C2)no1. The van der Waals surface area contributed by atoms with Crippen molar-refractivity contribution >= 4 is 6.03 Å². The van der Waals surface area contributed by atoms with E-state index < -0.39 is 0 Å². The maximum absolute atomic E-state index is 12.8. The number of hydrogen-bond acceptors (Lipinski definition) is 5. The van der Waals surface area contributed by atoms with Crippen LogP contribution >= 0.6 is 0 Å². The van der Waals surface area contributed by atoms with Gasteiger partial charge in [0.05, 0.1) is 12.2 Å². The normalized spacial score (nSPS) is 23.4. The van der Waals surface area contributed by atoms with Crippen LogP contribution in [0.2, 0.25) is 0 Å². The minimum Gasteiger partial charge on any atom is -0.340 e. The van der Waals surface area contributed by atoms with Crippen LogP contribution in [0.25, 0.3) is 0 Å². The van der Waals surface area contributed by atoms with E-state index in [1.165, 1.54) is 5.69 Å². The molecule has 25 heavy (non-hydrogen) atoms. The maximum Gasteiger partial charge on any atom is 0.317 e. The van der Waals surface area contributed by atoms with Crippen LogP contribution in [-0.2, 0) is 13.5 Å². The number of carbonyl (C=O) groups excluding carboxylic acids is 1. The van der Waals surface area contributed by atoms with Crippen molar-refractivity contribution in [2.45, 2.75) is 51.0 Å². The van der Waals surface area contributed by atoms with E-state index in [1.54, 1.807) is 6.92 Å². The van der Waals surface area contributed by atoms with E-state index >= 15 is 0 Å². The van der Waals surface area contributed by atoms with Crippen molar-refractivity contribution in [3.8, 4) is 0 Å². The molecule has 0 radical (unpaired) electrons. The highest BCUT2D eigenvalue weighted by Gasteiger charge is 2.30. The minimum atomic E-state index is -0.00776. The highest BCUT2D eigenvalue weighted by atomic mass is 16.5. The van der Waals surface area contributed by atoms with Crippen LogP contribution in [-0.4, -0.2) is 43.9 Å². The lowest BCUT2D eigenvalue weighted by Crippen LogP contribution is -2.46. The third-order valence-electron chi connectivity index (χ3n) is 5.29. The molecule has 0 bridgehead atoms. The second-order valence-corrected chi connectivity index (χ2v) is 7.02. The zero-order valence-electron chi connectivity index (χ0n) is 14.7. The van der Waals surface area contributed by atoms with Gasteiger partial charge in [0.15, 0.2) is 5.82 Å². The Hall–Kier alpha value is -2.38. The fraction of sp³-hybridized carbons (Fsp3) is 0.647. The maximum atomic E-state index is 12.8. The first-order chi connectivity index (χ1) is 12.1. The average molecular weight is 344 g/mol. The Morgan fingerprint density at radius 3 is 3.04 bits per heavy atom. The lowest BCUT2D eigenvalue weighted by molar-refractivity contribution is 0.172. The molecule has 2 aromatic heterocycles. The van der Waals surface area contributed by atoms with E-state index in [4.69, 9.17) is 4.52 Å². The summed E-state index contributed by atoms with van der Waals surface area (Å²) < 4.78 is 7.01. The van der Waals surface area contributed by atoms with Crippen molar-refractivity contribution in [2.75, 3.05) is 13.1 Å². The molecule has 1 aliphatic carbocycles. The molecule has 134 valence electrons. The molecule has 0 saturated carbocycles. The van der Waals surface area contributed by atoms with Crippen molar-refractivity contribution < 1.29 is 9.32 Å². The minimum absolute atomic E-state index is 0.00776. The first-order valence-electron chi connectivity index (χ1n) is 8.98. The molecule has 2 atom stereocenters. The van der Waals surface area contributed by atoms with Gasteiger partial charge in [0.1, 0.15) is 0 Å². The highest BCUT2D eigenvalue weighted by molar-refractivity contribution is 5.75. The van der Waals surface area contributed by atoms with E-state index in [1.807, 2.05) is 22.8 Å². The number of piperidine rings is 1. The first-order valence-corrected chi connectivity index (χ1v) is 8.98. The summed E-state index contributed by atoms with van der Waals surface area (Å²) in [5, 5.41) is 11.6. The molecule has 1 aliphatic heterocycles. The lowest BCUT2D eigenvalue weighted by atomic mass is 9.93. The van der Waals surface area contributed by atoms with Crippen LogP contribution < -0.4 is 5.32 Å². The Balaban J connectivity index is 1.43. The van der Waals surface area contributed by atoms with Crippen LogP contribution in [0.1, 0.15) is 60.6 Å². The van der Waals surface area contributed by atoms with Gasteiger partial charge < -0.3 is 14.7 Å². The summed E-state index contributed by atoms with van der Waals surface area (Å²) in [5.41, 5.74) is 2.39. The number of aromatic nitrogens is 4. The van der Waals surface area contributed by atoms with Gasteiger partial charge in [0.25, 0.3) is 0 Å². The molecule has 0 aromatic carbocycles. The number of likely N-dealkylation sites (tertiary alicyclic amines) is 1. The van der Waals surface area contributed by atoms with E-state index in [2.05, 4.69) is 20.6 Å². The van der Waals surface area contributed by atoms with Crippen LogP contribution in [0.3, 0.4) is 0 Å². The number of carbonyl (C=O) groups is 1. The van der Waals surface area contributed by atoms with Crippen molar-refractivity contribution in [1.29, 1.82) is 0 Å². The Labute approximate surface area is 146 Å². The third kappa shape index (κ3) is 3.12. The molecule has 8 heteroatoms. The zero-order valence-corrected chi connectivity index (χ0v) is 14.7. The number of nitrogens with one attached hydrogen (secondary N) is 1. The second kappa shape index (κ2) is 6.50. The summed E-state index contributed by atoms with van der Waals surface area (Å²) in [7, 11) is 1.96. The van der Waals surface area contributed by atoms with Gasteiger partial charge in [-0.3, -0.25) is 4.68 Å². The van der Waals surface area contributed by atoms with Gasteiger partial charge in [-0.25, -0.2) is 4.79 Å². The summed E-state index contributed by atoms with van der Waals surface area (Å²) in [5.74, 6) is 1.43. The zero-order chi connectivity index (χ0) is 17.4. The third-order valence-corrected chi connectivity index (χ3v) is 5.29. The van der Waals surface area contributed by atoms with Crippen molar-refractivity contribution in [3.63, 3.8) is 0 Å². The van der Waals surface area contributed by atoms with Crippen LogP contribution in [0.5, 0.6) is 0 Å². The summed E-state index contributed by atoms with van der Waals surface area (Å²) in [4.78, 5) is 19.0. The quantitative estimate of drug-likeness (QED) is 0.901. The molecule has 0 unspecified atom stereocenters. The number of aryl methyl sites for hydroxylation is 2.